The number of carbonyl (C=O) groups excluding carboxylic acids is 2. The van der Waals surface area contributed by atoms with Gasteiger partial charge in [-0.3, -0.25) is 9.59 Å². The summed E-state index contributed by atoms with van der Waals surface area (Å²) in [6.07, 6.45) is 4.22. The van der Waals surface area contributed by atoms with Crippen molar-refractivity contribution in [3.05, 3.63) is 0 Å². The van der Waals surface area contributed by atoms with E-state index in [1.54, 1.807) is 0 Å². The first-order chi connectivity index (χ1) is 12.1. The number of ether oxygens (including phenoxy) is 4. The monoisotopic (exact) mass is 372 g/mol. The van der Waals surface area contributed by atoms with Gasteiger partial charge in [0.2, 0.25) is 0 Å². The van der Waals surface area contributed by atoms with Crippen LogP contribution >= 0.6 is 0 Å². The summed E-state index contributed by atoms with van der Waals surface area (Å²) in [4.78, 5) is 23.0. The van der Waals surface area contributed by atoms with Crippen molar-refractivity contribution in [1.29, 1.82) is 0 Å². The summed E-state index contributed by atoms with van der Waals surface area (Å²) >= 11 is 0. The van der Waals surface area contributed by atoms with Crippen LogP contribution in [-0.4, -0.2) is 50.6 Å². The molecule has 0 N–H and O–H groups in total. The van der Waals surface area contributed by atoms with Crippen LogP contribution in [0, 0.1) is 10.8 Å². The third-order valence-corrected chi connectivity index (χ3v) is 4.75. The van der Waals surface area contributed by atoms with Crippen molar-refractivity contribution in [2.45, 2.75) is 79.4 Å². The molecule has 2 aliphatic heterocycles. The van der Waals surface area contributed by atoms with Gasteiger partial charge in [0.1, 0.15) is 25.4 Å². The second kappa shape index (κ2) is 10.3. The molecule has 2 fully saturated rings. The maximum atomic E-state index is 11.6. The van der Waals surface area contributed by atoms with Gasteiger partial charge in [0.25, 0.3) is 0 Å². The summed E-state index contributed by atoms with van der Waals surface area (Å²) in [5.74, 6) is -0.220. The molecule has 2 rings (SSSR count). The molecule has 0 radical (unpaired) electrons. The Labute approximate surface area is 157 Å². The van der Waals surface area contributed by atoms with Gasteiger partial charge in [0, 0.05) is 0 Å². The third kappa shape index (κ3) is 8.99. The molecule has 0 saturated carbocycles. The van der Waals surface area contributed by atoms with Crippen LogP contribution < -0.4 is 0 Å². The molecule has 2 unspecified atom stereocenters. The number of hydrogen-bond donors (Lipinski definition) is 0. The number of carbonyl (C=O) groups is 2. The van der Waals surface area contributed by atoms with Crippen molar-refractivity contribution in [3.63, 3.8) is 0 Å². The summed E-state index contributed by atoms with van der Waals surface area (Å²) in [5.41, 5.74) is -0.695. The largest absolute Gasteiger partial charge is 0.462 e. The lowest BCUT2D eigenvalue weighted by atomic mass is 9.87. The van der Waals surface area contributed by atoms with Gasteiger partial charge in [-0.2, -0.15) is 0 Å². The van der Waals surface area contributed by atoms with Crippen LogP contribution in [0.3, 0.4) is 0 Å². The van der Waals surface area contributed by atoms with Crippen molar-refractivity contribution in [2.24, 2.45) is 10.8 Å². The highest BCUT2D eigenvalue weighted by Crippen LogP contribution is 2.25. The van der Waals surface area contributed by atoms with Crippen molar-refractivity contribution >= 4 is 11.9 Å². The predicted molar refractivity (Wildman–Crippen MR) is 98.8 cm³/mol. The molecule has 2 saturated heterocycles. The Hall–Kier alpha value is -1.14. The van der Waals surface area contributed by atoms with Crippen molar-refractivity contribution in [3.8, 4) is 0 Å². The molecule has 0 aromatic rings. The Bertz CT molecular complexity index is 449. The van der Waals surface area contributed by atoms with Crippen LogP contribution in [0.15, 0.2) is 0 Å². The highest BCUT2D eigenvalue weighted by Gasteiger charge is 2.32. The highest BCUT2D eigenvalue weighted by atomic mass is 16.6. The molecule has 2 aliphatic rings. The molecule has 0 aromatic carbocycles. The molecule has 0 amide bonds. The molecule has 2 heterocycles. The van der Waals surface area contributed by atoms with Crippen LogP contribution in [0.1, 0.15) is 67.2 Å². The summed E-state index contributed by atoms with van der Waals surface area (Å²) in [6.45, 7) is 14.1. The Morgan fingerprint density at radius 1 is 0.885 bits per heavy atom. The van der Waals surface area contributed by atoms with E-state index in [2.05, 4.69) is 6.92 Å². The van der Waals surface area contributed by atoms with Crippen molar-refractivity contribution in [1.82, 2.24) is 0 Å². The molecule has 6 heteroatoms. The lowest BCUT2D eigenvalue weighted by Gasteiger charge is -2.21. The average molecular weight is 373 g/mol. The standard InChI is InChI=1S/C11H20O3.C9H16O3/c1-4-5-6-11(2,3)10(12)14-8-9-7-13-9;1-4-9(2,3)8(10)12-6-7-5-11-7/h9H,4-8H2,1-3H3;7H,4-6H2,1-3H3. The lowest BCUT2D eigenvalue weighted by molar-refractivity contribution is -0.155. The fourth-order valence-corrected chi connectivity index (χ4v) is 1.92. The van der Waals surface area contributed by atoms with Crippen LogP contribution in [0.2, 0.25) is 0 Å². The van der Waals surface area contributed by atoms with Crippen LogP contribution in [-0.2, 0) is 28.5 Å². The van der Waals surface area contributed by atoms with Gasteiger partial charge in [0.15, 0.2) is 0 Å². The summed E-state index contributed by atoms with van der Waals surface area (Å²) in [6, 6.07) is 0. The third-order valence-electron chi connectivity index (χ3n) is 4.75. The predicted octanol–water partition coefficient (Wildman–Crippen LogP) is 3.51. The normalized spacial score (nSPS) is 21.3. The van der Waals surface area contributed by atoms with E-state index >= 15 is 0 Å². The fourth-order valence-electron chi connectivity index (χ4n) is 1.92. The molecule has 0 aliphatic carbocycles. The molecule has 152 valence electrons. The number of esters is 2. The summed E-state index contributed by atoms with van der Waals surface area (Å²) < 4.78 is 20.1. The minimum atomic E-state index is -0.352. The molecule has 2 atom stereocenters. The number of unbranched alkanes of at least 4 members (excludes halogenated alkanes) is 1. The van der Waals surface area contributed by atoms with Gasteiger partial charge in [-0.1, -0.05) is 26.7 Å². The smallest absolute Gasteiger partial charge is 0.311 e. The molecule has 6 nitrogen and oxygen atoms in total. The quantitative estimate of drug-likeness (QED) is 0.431. The SMILES string of the molecule is CCC(C)(C)C(=O)OCC1CO1.CCCCC(C)(C)C(=O)OCC1CO1. The second-order valence-corrected chi connectivity index (χ2v) is 8.33. The highest BCUT2D eigenvalue weighted by molar-refractivity contribution is 5.76. The summed E-state index contributed by atoms with van der Waals surface area (Å²) in [5, 5.41) is 0. The van der Waals surface area contributed by atoms with Gasteiger partial charge in [-0.15, -0.1) is 0 Å². The number of rotatable bonds is 10. The first-order valence-corrected chi connectivity index (χ1v) is 9.70. The van der Waals surface area contributed by atoms with Crippen molar-refractivity contribution < 1.29 is 28.5 Å². The Kier molecular flexibility index (Phi) is 9.04. The van der Waals surface area contributed by atoms with Crippen LogP contribution in [0.5, 0.6) is 0 Å². The van der Waals surface area contributed by atoms with Gasteiger partial charge in [-0.05, 0) is 40.5 Å². The van der Waals surface area contributed by atoms with E-state index in [9.17, 15) is 9.59 Å². The topological polar surface area (TPSA) is 77.7 Å². The van der Waals surface area contributed by atoms with Gasteiger partial charge in [0.05, 0.1) is 24.0 Å². The zero-order chi connectivity index (χ0) is 19.8. The van der Waals surface area contributed by atoms with E-state index in [-0.39, 0.29) is 35.0 Å². The second-order valence-electron chi connectivity index (χ2n) is 8.33. The van der Waals surface area contributed by atoms with Crippen LogP contribution in [0.25, 0.3) is 0 Å². The maximum Gasteiger partial charge on any atom is 0.311 e. The minimum absolute atomic E-state index is 0.0959. The first kappa shape index (κ1) is 22.9. The van der Waals surface area contributed by atoms with E-state index in [0.717, 1.165) is 38.9 Å². The average Bonchev–Trinajstić information content (AvgIpc) is 3.50. The number of hydrogen-bond acceptors (Lipinski definition) is 6. The zero-order valence-corrected chi connectivity index (χ0v) is 17.3. The number of epoxide rings is 2. The first-order valence-electron chi connectivity index (χ1n) is 9.70. The molecule has 0 aromatic heterocycles. The van der Waals surface area contributed by atoms with Gasteiger partial charge < -0.3 is 18.9 Å². The van der Waals surface area contributed by atoms with E-state index < -0.39 is 0 Å². The molecule has 0 spiro atoms. The van der Waals surface area contributed by atoms with E-state index in [1.807, 2.05) is 34.6 Å². The van der Waals surface area contributed by atoms with E-state index in [0.29, 0.717) is 13.2 Å². The van der Waals surface area contributed by atoms with Crippen LogP contribution in [0.4, 0.5) is 0 Å². The Morgan fingerprint density at radius 2 is 1.31 bits per heavy atom. The Balaban J connectivity index is 0.000000263. The van der Waals surface area contributed by atoms with Gasteiger partial charge >= 0.3 is 11.9 Å². The maximum absolute atomic E-state index is 11.6. The van der Waals surface area contributed by atoms with Crippen molar-refractivity contribution in [2.75, 3.05) is 26.4 Å². The molecule has 26 heavy (non-hydrogen) atoms. The molecule has 0 bridgehead atoms. The zero-order valence-electron chi connectivity index (χ0n) is 17.3. The molecular formula is C20H36O6. The fraction of sp³-hybridized carbons (Fsp3) is 0.900. The van der Waals surface area contributed by atoms with E-state index in [1.165, 1.54) is 0 Å². The minimum Gasteiger partial charge on any atom is -0.462 e. The Morgan fingerprint density at radius 3 is 1.65 bits per heavy atom. The molecular weight excluding hydrogens is 336 g/mol. The van der Waals surface area contributed by atoms with Gasteiger partial charge in [-0.25, -0.2) is 0 Å². The van der Waals surface area contributed by atoms with E-state index in [4.69, 9.17) is 18.9 Å². The lowest BCUT2D eigenvalue weighted by Crippen LogP contribution is -2.27. The summed E-state index contributed by atoms with van der Waals surface area (Å²) in [7, 11) is 0.